The van der Waals surface area contributed by atoms with E-state index in [2.05, 4.69) is 38.2 Å². The molecule has 0 bridgehead atoms. The summed E-state index contributed by atoms with van der Waals surface area (Å²) in [6.45, 7) is 0. The summed E-state index contributed by atoms with van der Waals surface area (Å²) < 4.78 is 1.02. The highest BCUT2D eigenvalue weighted by molar-refractivity contribution is 9.18. The number of aryl methyl sites for hydroxylation is 2. The molecule has 100 valence electrons. The Morgan fingerprint density at radius 1 is 1.05 bits per heavy atom. The summed E-state index contributed by atoms with van der Waals surface area (Å²) in [5.41, 5.74) is 7.23. The average molecular weight is 327 g/mol. The fourth-order valence-corrected chi connectivity index (χ4v) is 4.71. The quantitative estimate of drug-likeness (QED) is 0.771. The van der Waals surface area contributed by atoms with Gasteiger partial charge in [0.05, 0.1) is 5.52 Å². The summed E-state index contributed by atoms with van der Waals surface area (Å²) in [4.78, 5) is 8.28. The van der Waals surface area contributed by atoms with Crippen LogP contribution in [0, 0.1) is 0 Å². The van der Waals surface area contributed by atoms with Crippen molar-refractivity contribution >= 4 is 43.7 Å². The molecular weight excluding hydrogens is 312 g/mol. The summed E-state index contributed by atoms with van der Waals surface area (Å²) in [5, 5.41) is 4.24. The first-order valence-electron chi connectivity index (χ1n) is 7.47. The SMILES string of the molecule is BrC1=NC=c2c1c1c(c3[nH]c4c(c23)CCCC4)=CCC1. The second kappa shape index (κ2) is 3.85. The number of aliphatic imine (C=N–C) groups is 1. The summed E-state index contributed by atoms with van der Waals surface area (Å²) in [6.07, 6.45) is 11.8. The van der Waals surface area contributed by atoms with E-state index >= 15 is 0 Å². The van der Waals surface area contributed by atoms with Crippen LogP contribution in [0.3, 0.4) is 0 Å². The van der Waals surface area contributed by atoms with Crippen LogP contribution >= 0.6 is 15.9 Å². The number of nitrogens with zero attached hydrogens (tertiary/aromatic N) is 1. The molecule has 0 radical (unpaired) electrons. The van der Waals surface area contributed by atoms with Gasteiger partial charge in [-0.25, -0.2) is 4.99 Å². The predicted octanol–water partition coefficient (Wildman–Crippen LogP) is 2.67. The number of rotatable bonds is 0. The molecule has 2 heterocycles. The Bertz CT molecular complexity index is 915. The van der Waals surface area contributed by atoms with Gasteiger partial charge >= 0.3 is 0 Å². The minimum atomic E-state index is 1.02. The molecule has 0 saturated heterocycles. The number of fused-ring (bicyclic) bond motifs is 8. The molecule has 5 rings (SSSR count). The number of H-pyrrole nitrogens is 1. The molecule has 1 N–H and O–H groups in total. The highest BCUT2D eigenvalue weighted by Crippen LogP contribution is 2.29. The van der Waals surface area contributed by atoms with Gasteiger partial charge in [-0.15, -0.1) is 0 Å². The van der Waals surface area contributed by atoms with Gasteiger partial charge in [-0.2, -0.15) is 0 Å². The molecular formula is C17H15BrN2. The van der Waals surface area contributed by atoms with E-state index in [1.807, 2.05) is 0 Å². The zero-order valence-corrected chi connectivity index (χ0v) is 12.8. The van der Waals surface area contributed by atoms with Crippen LogP contribution in [0.4, 0.5) is 0 Å². The Morgan fingerprint density at radius 3 is 2.90 bits per heavy atom. The van der Waals surface area contributed by atoms with Crippen molar-refractivity contribution in [2.45, 2.75) is 38.5 Å². The Kier molecular flexibility index (Phi) is 2.18. The fraction of sp³-hybridized carbons (Fsp3) is 0.353. The van der Waals surface area contributed by atoms with E-state index in [1.165, 1.54) is 63.8 Å². The maximum atomic E-state index is 4.54. The molecule has 1 aromatic carbocycles. The maximum absolute atomic E-state index is 4.54. The van der Waals surface area contributed by atoms with E-state index < -0.39 is 0 Å². The van der Waals surface area contributed by atoms with Crippen LogP contribution < -0.4 is 10.4 Å². The minimum absolute atomic E-state index is 1.02. The minimum Gasteiger partial charge on any atom is -0.358 e. The molecule has 2 aliphatic carbocycles. The van der Waals surface area contributed by atoms with Gasteiger partial charge in [0.1, 0.15) is 4.62 Å². The predicted molar refractivity (Wildman–Crippen MR) is 86.9 cm³/mol. The van der Waals surface area contributed by atoms with Gasteiger partial charge in [-0.1, -0.05) is 6.08 Å². The lowest BCUT2D eigenvalue weighted by atomic mass is 9.93. The average Bonchev–Trinajstić information content (AvgIpc) is 3.13. The Balaban J connectivity index is 2.05. The van der Waals surface area contributed by atoms with Gasteiger partial charge in [0, 0.05) is 28.1 Å². The zero-order chi connectivity index (χ0) is 13.3. The molecule has 0 fully saturated rings. The smallest absolute Gasteiger partial charge is 0.114 e. The standard InChI is InChI=1S/C17H15BrN2/c18-17-15-9-5-3-6-10(9)16-14(12(15)8-19-17)11-4-1-2-7-13(11)20-16/h6,8,20H,1-5,7H2. The molecule has 2 nitrogen and oxygen atoms in total. The molecule has 0 saturated carbocycles. The third-order valence-corrected chi connectivity index (χ3v) is 5.59. The highest BCUT2D eigenvalue weighted by atomic mass is 79.9. The van der Waals surface area contributed by atoms with Crippen LogP contribution in [0.5, 0.6) is 0 Å². The normalized spacial score (nSPS) is 19.1. The lowest BCUT2D eigenvalue weighted by Crippen LogP contribution is -2.21. The number of halogens is 1. The van der Waals surface area contributed by atoms with E-state index in [9.17, 15) is 0 Å². The third-order valence-electron chi connectivity index (χ3n) is 4.99. The largest absolute Gasteiger partial charge is 0.358 e. The lowest BCUT2D eigenvalue weighted by Gasteiger charge is -2.11. The van der Waals surface area contributed by atoms with E-state index in [-0.39, 0.29) is 0 Å². The van der Waals surface area contributed by atoms with Crippen molar-refractivity contribution in [2.75, 3.05) is 0 Å². The zero-order valence-electron chi connectivity index (χ0n) is 11.2. The molecule has 3 aliphatic rings. The summed E-state index contributed by atoms with van der Waals surface area (Å²) in [5.74, 6) is 0. The first-order chi connectivity index (χ1) is 9.84. The molecule has 0 atom stereocenters. The van der Waals surface area contributed by atoms with Crippen LogP contribution in [-0.4, -0.2) is 9.60 Å². The van der Waals surface area contributed by atoms with Crippen LogP contribution in [-0.2, 0) is 19.3 Å². The summed E-state index contributed by atoms with van der Waals surface area (Å²) in [7, 11) is 0. The fourth-order valence-electron chi connectivity index (χ4n) is 4.15. The van der Waals surface area contributed by atoms with E-state index in [0.29, 0.717) is 0 Å². The molecule has 2 aromatic rings. The van der Waals surface area contributed by atoms with Crippen LogP contribution in [0.25, 0.3) is 23.2 Å². The maximum Gasteiger partial charge on any atom is 0.114 e. The molecule has 0 spiro atoms. The number of hydrogen-bond donors (Lipinski definition) is 1. The monoisotopic (exact) mass is 326 g/mol. The second-order valence-electron chi connectivity index (χ2n) is 6.01. The van der Waals surface area contributed by atoms with Crippen LogP contribution in [0.2, 0.25) is 0 Å². The van der Waals surface area contributed by atoms with Gasteiger partial charge in [0.15, 0.2) is 0 Å². The second-order valence-corrected chi connectivity index (χ2v) is 6.76. The highest BCUT2D eigenvalue weighted by Gasteiger charge is 2.25. The topological polar surface area (TPSA) is 28.1 Å². The lowest BCUT2D eigenvalue weighted by molar-refractivity contribution is 0.680. The number of hydrogen-bond acceptors (Lipinski definition) is 1. The number of aromatic amines is 1. The number of nitrogens with one attached hydrogen (secondary N) is 1. The van der Waals surface area contributed by atoms with Gasteiger partial charge in [0.2, 0.25) is 0 Å². The van der Waals surface area contributed by atoms with Gasteiger partial charge in [-0.05, 0) is 70.8 Å². The third kappa shape index (κ3) is 1.27. The van der Waals surface area contributed by atoms with Gasteiger partial charge in [0.25, 0.3) is 0 Å². The Morgan fingerprint density at radius 2 is 1.95 bits per heavy atom. The first kappa shape index (κ1) is 11.3. The van der Waals surface area contributed by atoms with Crippen molar-refractivity contribution in [3.8, 4) is 0 Å². The molecule has 1 aromatic heterocycles. The van der Waals surface area contributed by atoms with Gasteiger partial charge < -0.3 is 4.98 Å². The summed E-state index contributed by atoms with van der Waals surface area (Å²) in [6, 6.07) is 0. The Labute approximate surface area is 125 Å². The summed E-state index contributed by atoms with van der Waals surface area (Å²) >= 11 is 3.66. The van der Waals surface area contributed by atoms with Crippen LogP contribution in [0.15, 0.2) is 4.99 Å². The van der Waals surface area contributed by atoms with E-state index in [0.717, 1.165) is 17.5 Å². The van der Waals surface area contributed by atoms with Crippen molar-refractivity contribution in [1.82, 2.24) is 4.98 Å². The van der Waals surface area contributed by atoms with Crippen LogP contribution in [0.1, 0.15) is 41.6 Å². The Hall–Kier alpha value is -1.35. The van der Waals surface area contributed by atoms with E-state index in [4.69, 9.17) is 0 Å². The van der Waals surface area contributed by atoms with Crippen molar-refractivity contribution in [2.24, 2.45) is 4.99 Å². The molecule has 0 unspecified atom stereocenters. The van der Waals surface area contributed by atoms with Crippen molar-refractivity contribution in [3.63, 3.8) is 0 Å². The molecule has 20 heavy (non-hydrogen) atoms. The van der Waals surface area contributed by atoms with Gasteiger partial charge in [-0.3, -0.25) is 0 Å². The van der Waals surface area contributed by atoms with Crippen molar-refractivity contribution < 1.29 is 0 Å². The molecule has 3 heteroatoms. The molecule has 0 amide bonds. The number of aromatic nitrogens is 1. The van der Waals surface area contributed by atoms with Crippen molar-refractivity contribution in [1.29, 1.82) is 0 Å². The van der Waals surface area contributed by atoms with E-state index in [1.54, 1.807) is 5.56 Å². The molecule has 1 aliphatic heterocycles. The first-order valence-corrected chi connectivity index (χ1v) is 8.26. The van der Waals surface area contributed by atoms with Crippen molar-refractivity contribution in [3.05, 3.63) is 32.8 Å². The number of benzene rings is 1.